The van der Waals surface area contributed by atoms with Crippen LogP contribution in [-0.2, 0) is 11.2 Å². The molecule has 1 amide bonds. The first-order valence-electron chi connectivity index (χ1n) is 8.38. The number of rotatable bonds is 4. The lowest BCUT2D eigenvalue weighted by atomic mass is 10.0. The van der Waals surface area contributed by atoms with Crippen LogP contribution in [0.4, 0.5) is 8.78 Å². The summed E-state index contributed by atoms with van der Waals surface area (Å²) < 4.78 is 29.8. The van der Waals surface area contributed by atoms with E-state index in [-0.39, 0.29) is 36.1 Å². The minimum absolute atomic E-state index is 0. The van der Waals surface area contributed by atoms with Crippen LogP contribution in [-0.4, -0.2) is 20.7 Å². The summed E-state index contributed by atoms with van der Waals surface area (Å²) in [5.41, 5.74) is 6.07. The summed E-state index contributed by atoms with van der Waals surface area (Å²) in [5, 5.41) is 4.51. The second-order valence-corrected chi connectivity index (χ2v) is 6.24. The fraction of sp³-hybridized carbons (Fsp3) is 0.0952. The summed E-state index contributed by atoms with van der Waals surface area (Å²) in [4.78, 5) is 26.2. The second-order valence-electron chi connectivity index (χ2n) is 6.24. The van der Waals surface area contributed by atoms with Gasteiger partial charge in [0.25, 0.3) is 5.56 Å². The topological polar surface area (TPSA) is 93.8 Å². The number of aromatic amines is 1. The number of hydrogen-bond donors (Lipinski definition) is 2. The molecule has 0 spiro atoms. The molecule has 0 saturated carbocycles. The fourth-order valence-corrected chi connectivity index (χ4v) is 3.17. The summed E-state index contributed by atoms with van der Waals surface area (Å²) in [6.07, 6.45) is 1.40. The molecule has 0 aliphatic rings. The number of carbonyl (C=O) groups excluding carboxylic acids is 1. The van der Waals surface area contributed by atoms with Crippen LogP contribution >= 0.6 is 0 Å². The number of nitrogens with two attached hydrogens (primary N) is 1. The number of hydrogen-bond acceptors (Lipinski definition) is 3. The van der Waals surface area contributed by atoms with Crippen LogP contribution < -0.4 is 11.3 Å². The fourth-order valence-electron chi connectivity index (χ4n) is 3.17. The van der Waals surface area contributed by atoms with Gasteiger partial charge in [-0.25, -0.2) is 13.5 Å². The van der Waals surface area contributed by atoms with Crippen LogP contribution in [0, 0.1) is 11.6 Å². The van der Waals surface area contributed by atoms with Gasteiger partial charge in [0.1, 0.15) is 11.4 Å². The molecule has 8 heteroatoms. The number of nitrogens with zero attached hydrogens (tertiary/aromatic N) is 2. The lowest BCUT2D eigenvalue weighted by Gasteiger charge is -2.06. The standard InChI is InChI=1S/C20H14F2N4O2.CH4/c21-13-5-2-6-14(22)19(13)26-15-7-8-24-20(28)17(15)18(25-26)12-4-1-3-11(9-12)10-16(23)27;/h1-9H,10H2,(H2,23,27)(H,24,28);1H4. The van der Waals surface area contributed by atoms with Crippen LogP contribution in [0.2, 0.25) is 0 Å². The van der Waals surface area contributed by atoms with E-state index in [9.17, 15) is 18.4 Å². The lowest BCUT2D eigenvalue weighted by molar-refractivity contribution is -0.117. The molecule has 2 aromatic heterocycles. The molecule has 0 unspecified atom stereocenters. The van der Waals surface area contributed by atoms with Gasteiger partial charge in [-0.05, 0) is 29.8 Å². The van der Waals surface area contributed by atoms with Crippen molar-refractivity contribution < 1.29 is 13.6 Å². The van der Waals surface area contributed by atoms with Crippen molar-refractivity contribution in [2.75, 3.05) is 0 Å². The van der Waals surface area contributed by atoms with E-state index in [2.05, 4.69) is 10.1 Å². The van der Waals surface area contributed by atoms with E-state index < -0.39 is 23.1 Å². The number of benzene rings is 2. The Labute approximate surface area is 164 Å². The number of halogens is 2. The molecule has 0 saturated heterocycles. The van der Waals surface area contributed by atoms with Gasteiger partial charge in [0.2, 0.25) is 5.91 Å². The van der Waals surface area contributed by atoms with Gasteiger partial charge >= 0.3 is 0 Å². The zero-order valence-electron chi connectivity index (χ0n) is 14.4. The molecule has 0 fully saturated rings. The van der Waals surface area contributed by atoms with Crippen LogP contribution in [0.25, 0.3) is 27.8 Å². The molecule has 4 aromatic rings. The van der Waals surface area contributed by atoms with E-state index in [1.54, 1.807) is 24.3 Å². The van der Waals surface area contributed by atoms with Crippen molar-refractivity contribution in [1.29, 1.82) is 0 Å². The molecule has 148 valence electrons. The number of primary amides is 1. The van der Waals surface area contributed by atoms with Gasteiger partial charge in [0.15, 0.2) is 11.6 Å². The van der Waals surface area contributed by atoms with E-state index >= 15 is 0 Å². The molecule has 0 aliphatic heterocycles. The largest absolute Gasteiger partial charge is 0.369 e. The maximum absolute atomic E-state index is 14.3. The minimum atomic E-state index is -0.807. The van der Waals surface area contributed by atoms with Crippen molar-refractivity contribution >= 4 is 16.8 Å². The van der Waals surface area contributed by atoms with Crippen LogP contribution in [0.5, 0.6) is 0 Å². The third-order valence-corrected chi connectivity index (χ3v) is 4.33. The van der Waals surface area contributed by atoms with Crippen molar-refractivity contribution in [3.63, 3.8) is 0 Å². The van der Waals surface area contributed by atoms with E-state index in [4.69, 9.17) is 5.73 Å². The van der Waals surface area contributed by atoms with Gasteiger partial charge in [-0.3, -0.25) is 9.59 Å². The van der Waals surface area contributed by atoms with Gasteiger partial charge in [0.05, 0.1) is 17.3 Å². The molecule has 3 N–H and O–H groups in total. The van der Waals surface area contributed by atoms with Gasteiger partial charge in [0, 0.05) is 11.8 Å². The summed E-state index contributed by atoms with van der Waals surface area (Å²) in [6.45, 7) is 0. The highest BCUT2D eigenvalue weighted by Crippen LogP contribution is 2.29. The van der Waals surface area contributed by atoms with Gasteiger partial charge in [-0.15, -0.1) is 0 Å². The van der Waals surface area contributed by atoms with Gasteiger partial charge in [-0.1, -0.05) is 31.7 Å². The van der Waals surface area contributed by atoms with Crippen molar-refractivity contribution in [2.45, 2.75) is 13.8 Å². The Morgan fingerprint density at radius 3 is 2.48 bits per heavy atom. The zero-order chi connectivity index (χ0) is 19.8. The molecule has 4 rings (SSSR count). The zero-order valence-corrected chi connectivity index (χ0v) is 14.4. The number of para-hydroxylation sites is 1. The van der Waals surface area contributed by atoms with Crippen LogP contribution in [0.3, 0.4) is 0 Å². The number of fused-ring (bicyclic) bond motifs is 1. The SMILES string of the molecule is C.NC(=O)Cc1cccc(-c2nn(-c3c(F)cccc3F)c3cc[nH]c(=O)c23)c1. The molecule has 6 nitrogen and oxygen atoms in total. The molecule has 0 radical (unpaired) electrons. The molecule has 29 heavy (non-hydrogen) atoms. The number of H-pyrrole nitrogens is 1. The maximum atomic E-state index is 14.3. The van der Waals surface area contributed by atoms with Crippen LogP contribution in [0.1, 0.15) is 13.0 Å². The highest BCUT2D eigenvalue weighted by molar-refractivity contribution is 5.93. The highest BCUT2D eigenvalue weighted by Gasteiger charge is 2.20. The summed E-state index contributed by atoms with van der Waals surface area (Å²) in [6, 6.07) is 11.8. The molecular weight excluding hydrogens is 378 g/mol. The van der Waals surface area contributed by atoms with Crippen molar-refractivity contribution in [2.24, 2.45) is 5.73 Å². The number of pyridine rings is 1. The predicted molar refractivity (Wildman–Crippen MR) is 107 cm³/mol. The smallest absolute Gasteiger partial charge is 0.259 e. The van der Waals surface area contributed by atoms with Crippen molar-refractivity contribution in [3.05, 3.63) is 82.3 Å². The summed E-state index contributed by atoms with van der Waals surface area (Å²) >= 11 is 0. The van der Waals surface area contributed by atoms with Crippen molar-refractivity contribution in [3.8, 4) is 16.9 Å². The lowest BCUT2D eigenvalue weighted by Crippen LogP contribution is -2.13. The Hall–Kier alpha value is -3.81. The first-order chi connectivity index (χ1) is 13.5. The quantitative estimate of drug-likeness (QED) is 0.554. The number of amides is 1. The normalized spacial score (nSPS) is 10.7. The van der Waals surface area contributed by atoms with E-state index in [1.165, 1.54) is 18.3 Å². The number of nitrogens with one attached hydrogen (secondary N) is 1. The third kappa shape index (κ3) is 3.52. The molecule has 2 aromatic carbocycles. The molecular formula is C21H18F2N4O2. The maximum Gasteiger partial charge on any atom is 0.259 e. The van der Waals surface area contributed by atoms with E-state index in [1.807, 2.05) is 0 Å². The molecule has 0 atom stereocenters. The summed E-state index contributed by atoms with van der Waals surface area (Å²) in [7, 11) is 0. The Morgan fingerprint density at radius 2 is 1.79 bits per heavy atom. The van der Waals surface area contributed by atoms with Crippen molar-refractivity contribution in [1.82, 2.24) is 14.8 Å². The Morgan fingerprint density at radius 1 is 1.10 bits per heavy atom. The number of carbonyl (C=O) groups is 1. The highest BCUT2D eigenvalue weighted by atomic mass is 19.1. The average Bonchev–Trinajstić information content (AvgIpc) is 3.02. The first kappa shape index (κ1) is 19.9. The number of aromatic nitrogens is 3. The third-order valence-electron chi connectivity index (χ3n) is 4.33. The molecule has 2 heterocycles. The van der Waals surface area contributed by atoms with E-state index in [0.717, 1.165) is 16.8 Å². The van der Waals surface area contributed by atoms with Gasteiger partial charge < -0.3 is 10.7 Å². The van der Waals surface area contributed by atoms with E-state index in [0.29, 0.717) is 11.1 Å². The van der Waals surface area contributed by atoms with Gasteiger partial charge in [-0.2, -0.15) is 5.10 Å². The average molecular weight is 396 g/mol. The minimum Gasteiger partial charge on any atom is -0.369 e. The Balaban J connectivity index is 0.00000240. The molecule has 0 bridgehead atoms. The Bertz CT molecular complexity index is 1260. The first-order valence-corrected chi connectivity index (χ1v) is 8.38. The predicted octanol–water partition coefficient (Wildman–Crippen LogP) is 3.32. The van der Waals surface area contributed by atoms with Crippen LogP contribution in [0.15, 0.2) is 59.5 Å². The second kappa shape index (κ2) is 7.67. The summed E-state index contributed by atoms with van der Waals surface area (Å²) in [5.74, 6) is -2.11. The Kier molecular flexibility index (Phi) is 5.27. The molecule has 0 aliphatic carbocycles. The monoisotopic (exact) mass is 396 g/mol.